The first-order chi connectivity index (χ1) is 26.9. The first-order valence-electron chi connectivity index (χ1n) is 18.9. The molecule has 0 aromatic rings. The lowest BCUT2D eigenvalue weighted by Crippen LogP contribution is -2.71. The van der Waals surface area contributed by atoms with E-state index >= 15 is 0 Å². The highest BCUT2D eigenvalue weighted by Crippen LogP contribution is 2.41. The Morgan fingerprint density at radius 3 is 1.93 bits per heavy atom. The maximum atomic E-state index is 13.0. The molecule has 0 radical (unpaired) electrons. The molecule has 0 aromatic heterocycles. The first-order valence-corrected chi connectivity index (χ1v) is 18.9. The van der Waals surface area contributed by atoms with Crippen molar-refractivity contribution in [1.29, 1.82) is 0 Å². The number of hydrogen-bond acceptors (Lipinski definition) is 19. The molecule has 0 aliphatic carbocycles. The van der Waals surface area contributed by atoms with E-state index in [4.69, 9.17) is 52.1 Å². The van der Waals surface area contributed by atoms with E-state index in [1.165, 1.54) is 35.0 Å². The molecule has 5 fully saturated rings. The highest BCUT2D eigenvalue weighted by atomic mass is 16.8. The van der Waals surface area contributed by atoms with E-state index in [1.807, 2.05) is 6.92 Å². The summed E-state index contributed by atoms with van der Waals surface area (Å²) in [6.07, 6.45) is -20.8. The Morgan fingerprint density at radius 2 is 1.37 bits per heavy atom. The average Bonchev–Trinajstić information content (AvgIpc) is 3.44. The molecule has 0 bridgehead atoms. The minimum absolute atomic E-state index is 0.224. The number of carboxylic acids is 1. The summed E-state index contributed by atoms with van der Waals surface area (Å²) < 4.78 is 66.7. The van der Waals surface area contributed by atoms with Crippen molar-refractivity contribution >= 4 is 17.8 Å². The molecule has 9 unspecified atom stereocenters. The van der Waals surface area contributed by atoms with E-state index in [2.05, 4.69) is 10.6 Å². The summed E-state index contributed by atoms with van der Waals surface area (Å²) in [5, 5.41) is 68.2. The van der Waals surface area contributed by atoms with E-state index in [1.54, 1.807) is 13.8 Å². The number of fused-ring (bicyclic) bond motifs is 1. The Hall–Kier alpha value is -2.23. The minimum atomic E-state index is -2.10. The maximum absolute atomic E-state index is 13.0. The molecule has 57 heavy (non-hydrogen) atoms. The molecule has 22 heteroatoms. The molecule has 0 aromatic carbocycles. The van der Waals surface area contributed by atoms with Crippen molar-refractivity contribution in [2.45, 2.75) is 158 Å². The number of aliphatic hydroxyl groups is 5. The summed E-state index contributed by atoms with van der Waals surface area (Å²) in [7, 11) is 2.86. The van der Waals surface area contributed by atoms with Crippen LogP contribution in [0.4, 0.5) is 0 Å². The zero-order chi connectivity index (χ0) is 42.1. The van der Waals surface area contributed by atoms with Gasteiger partial charge in [-0.2, -0.15) is 0 Å². The number of aliphatic carboxylic acids is 1. The third-order valence-electron chi connectivity index (χ3n) is 11.2. The third kappa shape index (κ3) is 9.56. The maximum Gasteiger partial charge on any atom is 0.364 e. The van der Waals surface area contributed by atoms with Gasteiger partial charge < -0.3 is 93.4 Å². The van der Waals surface area contributed by atoms with Crippen molar-refractivity contribution in [1.82, 2.24) is 10.6 Å². The van der Waals surface area contributed by atoms with Crippen molar-refractivity contribution in [2.24, 2.45) is 11.8 Å². The van der Waals surface area contributed by atoms with Gasteiger partial charge in [-0.25, -0.2) is 4.79 Å². The van der Waals surface area contributed by atoms with Crippen LogP contribution in [0.15, 0.2) is 0 Å². The number of carboxylic acid groups (broad SMARTS) is 1. The van der Waals surface area contributed by atoms with Gasteiger partial charge in [0.2, 0.25) is 11.8 Å². The molecule has 8 N–H and O–H groups in total. The van der Waals surface area contributed by atoms with Gasteiger partial charge >= 0.3 is 5.97 Å². The largest absolute Gasteiger partial charge is 0.477 e. The minimum Gasteiger partial charge on any atom is -0.477 e. The molecule has 5 aliphatic heterocycles. The topological polar surface area (TPSA) is 298 Å². The summed E-state index contributed by atoms with van der Waals surface area (Å²) in [5.41, 5.74) is 0. The molecule has 22 nitrogen and oxygen atoms in total. The SMILES string of the molecule is COC1C(NC(C)=O)[C@@H](O[C@H]2C(CO)O[C@H](OC3C(C)[C@H](OC)O[C@H]4COC(C)(C(=O)O)O[C@H]34)C(NC(C)=O)[C@H]2OC2OC([C@H](O)CO)[C@H](O)[C@@H]2O)O[C@@H](C)[C@@H]1C. The number of aliphatic hydroxyl groups excluding tert-OH is 5. The predicted molar refractivity (Wildman–Crippen MR) is 185 cm³/mol. The summed E-state index contributed by atoms with van der Waals surface area (Å²) in [4.78, 5) is 37.6. The molecule has 5 heterocycles. The van der Waals surface area contributed by atoms with Gasteiger partial charge in [0, 0.05) is 46.8 Å². The van der Waals surface area contributed by atoms with Crippen LogP contribution in [-0.4, -0.2) is 199 Å². The number of amides is 2. The number of carbonyl (C=O) groups excluding carboxylic acids is 2. The lowest BCUT2D eigenvalue weighted by atomic mass is 9.89. The second-order valence-electron chi connectivity index (χ2n) is 15.2. The first kappa shape index (κ1) is 45.8. The fraction of sp³-hybridized carbons (Fsp3) is 0.914. The number of rotatable bonds is 14. The summed E-state index contributed by atoms with van der Waals surface area (Å²) in [6, 6.07) is -2.34. The Kier molecular flexibility index (Phi) is 15.3. The Labute approximate surface area is 329 Å². The monoisotopic (exact) mass is 826 g/mol. The number of nitrogens with one attached hydrogen (secondary N) is 2. The van der Waals surface area contributed by atoms with Gasteiger partial charge in [-0.1, -0.05) is 13.8 Å². The molecule has 0 saturated carbocycles. The van der Waals surface area contributed by atoms with E-state index in [0.717, 1.165) is 0 Å². The lowest BCUT2D eigenvalue weighted by molar-refractivity contribution is -0.396. The fourth-order valence-electron chi connectivity index (χ4n) is 8.02. The fourth-order valence-corrected chi connectivity index (χ4v) is 8.02. The molecule has 5 aliphatic rings. The third-order valence-corrected chi connectivity index (χ3v) is 11.2. The van der Waals surface area contributed by atoms with Gasteiger partial charge in [-0.15, -0.1) is 0 Å². The Balaban J connectivity index is 1.56. The van der Waals surface area contributed by atoms with Crippen LogP contribution in [0.3, 0.4) is 0 Å². The van der Waals surface area contributed by atoms with Crippen LogP contribution < -0.4 is 10.6 Å². The highest BCUT2D eigenvalue weighted by Gasteiger charge is 2.59. The zero-order valence-electron chi connectivity index (χ0n) is 33.1. The van der Waals surface area contributed by atoms with E-state index in [9.17, 15) is 45.0 Å². The molecule has 21 atom stereocenters. The van der Waals surface area contributed by atoms with Crippen LogP contribution in [0.2, 0.25) is 0 Å². The standard InChI is InChI=1S/C35H58N2O20/c1-12-14(3)50-31(20(24(12)47-7)36-15(4)40)55-27-18(10-39)51-32(21(37-16(5)41)29(27)56-33-23(44)22(43)26(54-33)17(42)9-38)53-25-13(2)30(48-8)52-19-11-49-35(6,34(45)46)57-28(19)25/h12-14,17-33,38-39,42-44H,9-11H2,1-8H3,(H,36,40)(H,37,41)(H,45,46)/t12-,13?,14-,17+,18?,19-,20?,21?,22+,23-,24?,25?,26?,27-,28-,29+,30+,31+,32+,33?,35?/m0/s1. The summed E-state index contributed by atoms with van der Waals surface area (Å²) >= 11 is 0. The van der Waals surface area contributed by atoms with Gasteiger partial charge in [-0.05, 0) is 6.92 Å². The van der Waals surface area contributed by atoms with Crippen molar-refractivity contribution in [3.8, 4) is 0 Å². The van der Waals surface area contributed by atoms with Crippen molar-refractivity contribution in [3.05, 3.63) is 0 Å². The lowest BCUT2D eigenvalue weighted by Gasteiger charge is -2.53. The zero-order valence-corrected chi connectivity index (χ0v) is 33.1. The molecular formula is C35H58N2O20. The van der Waals surface area contributed by atoms with Crippen LogP contribution >= 0.6 is 0 Å². The second kappa shape index (κ2) is 19.0. The summed E-state index contributed by atoms with van der Waals surface area (Å²) in [5.74, 6) is -5.50. The van der Waals surface area contributed by atoms with Crippen LogP contribution in [0, 0.1) is 11.8 Å². The van der Waals surface area contributed by atoms with E-state index in [0.29, 0.717) is 0 Å². The molecule has 5 rings (SSSR count). The molecule has 2 amide bonds. The predicted octanol–water partition coefficient (Wildman–Crippen LogP) is -3.71. The molecular weight excluding hydrogens is 768 g/mol. The van der Waals surface area contributed by atoms with Gasteiger partial charge in [0.15, 0.2) is 25.2 Å². The Morgan fingerprint density at radius 1 is 0.772 bits per heavy atom. The smallest absolute Gasteiger partial charge is 0.364 e. The van der Waals surface area contributed by atoms with Gasteiger partial charge in [-0.3, -0.25) is 9.59 Å². The Bertz CT molecular complexity index is 1380. The van der Waals surface area contributed by atoms with E-state index < -0.39 is 153 Å². The number of hydrogen-bond donors (Lipinski definition) is 8. The van der Waals surface area contributed by atoms with Gasteiger partial charge in [0.05, 0.1) is 38.1 Å². The molecule has 328 valence electrons. The second-order valence-corrected chi connectivity index (χ2v) is 15.2. The molecule has 5 saturated heterocycles. The number of methoxy groups -OCH3 is 2. The van der Waals surface area contributed by atoms with Crippen LogP contribution in [0.25, 0.3) is 0 Å². The average molecular weight is 827 g/mol. The summed E-state index contributed by atoms with van der Waals surface area (Å²) in [6.45, 7) is 7.22. The highest BCUT2D eigenvalue weighted by molar-refractivity contribution is 5.75. The van der Waals surface area contributed by atoms with Gasteiger partial charge in [0.25, 0.3) is 5.79 Å². The van der Waals surface area contributed by atoms with Gasteiger partial charge in [0.1, 0.15) is 67.0 Å². The van der Waals surface area contributed by atoms with Crippen molar-refractivity contribution in [2.75, 3.05) is 34.0 Å². The van der Waals surface area contributed by atoms with Crippen LogP contribution in [0.1, 0.15) is 41.5 Å². The van der Waals surface area contributed by atoms with Crippen LogP contribution in [-0.2, 0) is 66.5 Å². The van der Waals surface area contributed by atoms with Crippen molar-refractivity contribution in [3.63, 3.8) is 0 Å². The normalized spacial score (nSPS) is 46.8. The number of ether oxygens (including phenoxy) is 11. The van der Waals surface area contributed by atoms with Crippen LogP contribution in [0.5, 0.6) is 0 Å². The number of carbonyl (C=O) groups is 3. The quantitative estimate of drug-likeness (QED) is 0.0836. The van der Waals surface area contributed by atoms with Crippen molar-refractivity contribution < 1.29 is 97.1 Å². The molecule has 0 spiro atoms. The van der Waals surface area contributed by atoms with E-state index in [-0.39, 0.29) is 12.5 Å².